The maximum Gasteiger partial charge on any atom is 0.128 e. The molecule has 1 N–H and O–H groups in total. The molecular formula is C14H21N3O. The molecule has 3 rings (SSSR count). The lowest BCUT2D eigenvalue weighted by Crippen LogP contribution is -2.50. The highest BCUT2D eigenvalue weighted by Gasteiger charge is 2.30. The molecule has 0 aliphatic carbocycles. The second-order valence-corrected chi connectivity index (χ2v) is 5.35. The highest BCUT2D eigenvalue weighted by molar-refractivity contribution is 5.42. The lowest BCUT2D eigenvalue weighted by atomic mass is 10.1. The summed E-state index contributed by atoms with van der Waals surface area (Å²) >= 11 is 0. The smallest absolute Gasteiger partial charge is 0.128 e. The van der Waals surface area contributed by atoms with Crippen LogP contribution in [0.3, 0.4) is 0 Å². The maximum atomic E-state index is 9.18. The first-order chi connectivity index (χ1) is 8.78. The predicted octanol–water partition coefficient (Wildman–Crippen LogP) is 1.17. The third-order valence-corrected chi connectivity index (χ3v) is 4.26. The highest BCUT2D eigenvalue weighted by atomic mass is 16.3. The van der Waals surface area contributed by atoms with E-state index in [1.807, 2.05) is 19.1 Å². The van der Waals surface area contributed by atoms with Crippen LogP contribution in [0.1, 0.15) is 24.1 Å². The number of fused-ring (bicyclic) bond motifs is 1. The second-order valence-electron chi connectivity index (χ2n) is 5.35. The van der Waals surface area contributed by atoms with Crippen LogP contribution in [0.4, 0.5) is 5.82 Å². The van der Waals surface area contributed by atoms with Gasteiger partial charge in [-0.2, -0.15) is 0 Å². The quantitative estimate of drug-likeness (QED) is 0.851. The van der Waals surface area contributed by atoms with E-state index in [1.54, 1.807) is 0 Å². The molecule has 3 heterocycles. The van der Waals surface area contributed by atoms with E-state index in [9.17, 15) is 5.11 Å². The minimum atomic E-state index is 0.0789. The van der Waals surface area contributed by atoms with Gasteiger partial charge in [0.2, 0.25) is 0 Å². The number of anilines is 1. The molecule has 1 aromatic rings. The third kappa shape index (κ3) is 2.10. The SMILES string of the molecule is Cc1nc(N2CCN3CCCC3C2)ccc1CO. The largest absolute Gasteiger partial charge is 0.392 e. The number of aromatic nitrogens is 1. The van der Waals surface area contributed by atoms with Crippen molar-refractivity contribution < 1.29 is 5.11 Å². The molecule has 1 unspecified atom stereocenters. The van der Waals surface area contributed by atoms with Crippen molar-refractivity contribution in [3.63, 3.8) is 0 Å². The molecule has 0 saturated carbocycles. The first kappa shape index (κ1) is 11.9. The van der Waals surface area contributed by atoms with E-state index in [2.05, 4.69) is 14.8 Å². The summed E-state index contributed by atoms with van der Waals surface area (Å²) in [5.41, 5.74) is 1.88. The zero-order valence-corrected chi connectivity index (χ0v) is 11.0. The fourth-order valence-corrected chi connectivity index (χ4v) is 3.12. The molecule has 1 aromatic heterocycles. The second kappa shape index (κ2) is 4.86. The van der Waals surface area contributed by atoms with E-state index in [-0.39, 0.29) is 6.61 Å². The summed E-state index contributed by atoms with van der Waals surface area (Å²) in [6.07, 6.45) is 2.67. The summed E-state index contributed by atoms with van der Waals surface area (Å²) in [6.45, 7) is 6.66. The van der Waals surface area contributed by atoms with Crippen molar-refractivity contribution in [1.29, 1.82) is 0 Å². The van der Waals surface area contributed by atoms with Crippen molar-refractivity contribution in [3.05, 3.63) is 23.4 Å². The van der Waals surface area contributed by atoms with Crippen molar-refractivity contribution in [3.8, 4) is 0 Å². The molecule has 1 atom stereocenters. The zero-order chi connectivity index (χ0) is 12.5. The van der Waals surface area contributed by atoms with Gasteiger partial charge in [-0.05, 0) is 37.9 Å². The van der Waals surface area contributed by atoms with Gasteiger partial charge in [0.15, 0.2) is 0 Å². The van der Waals surface area contributed by atoms with Crippen molar-refractivity contribution in [2.45, 2.75) is 32.4 Å². The molecule has 2 aliphatic heterocycles. The summed E-state index contributed by atoms with van der Waals surface area (Å²) in [5.74, 6) is 1.07. The number of hydrogen-bond acceptors (Lipinski definition) is 4. The first-order valence-electron chi connectivity index (χ1n) is 6.84. The summed E-state index contributed by atoms with van der Waals surface area (Å²) in [6, 6.07) is 4.76. The Kier molecular flexibility index (Phi) is 3.22. The Morgan fingerprint density at radius 3 is 3.00 bits per heavy atom. The van der Waals surface area contributed by atoms with Crippen LogP contribution < -0.4 is 4.90 Å². The normalized spacial score (nSPS) is 24.3. The molecular weight excluding hydrogens is 226 g/mol. The molecule has 4 nitrogen and oxygen atoms in total. The van der Waals surface area contributed by atoms with Crippen LogP contribution in [-0.4, -0.2) is 47.2 Å². The standard InChI is InChI=1S/C14H21N3O/c1-11-12(10-18)4-5-14(15-11)17-8-7-16-6-2-3-13(16)9-17/h4-5,13,18H,2-3,6-10H2,1H3. The van der Waals surface area contributed by atoms with Crippen LogP contribution >= 0.6 is 0 Å². The van der Waals surface area contributed by atoms with E-state index < -0.39 is 0 Å². The Bertz CT molecular complexity index is 435. The minimum Gasteiger partial charge on any atom is -0.392 e. The van der Waals surface area contributed by atoms with Gasteiger partial charge in [0.05, 0.1) is 6.61 Å². The van der Waals surface area contributed by atoms with Gasteiger partial charge in [0, 0.05) is 31.4 Å². The van der Waals surface area contributed by atoms with Gasteiger partial charge < -0.3 is 10.0 Å². The van der Waals surface area contributed by atoms with Gasteiger partial charge in [0.1, 0.15) is 5.82 Å². The van der Waals surface area contributed by atoms with Crippen LogP contribution in [-0.2, 0) is 6.61 Å². The van der Waals surface area contributed by atoms with Crippen LogP contribution in [0.5, 0.6) is 0 Å². The van der Waals surface area contributed by atoms with Gasteiger partial charge in [-0.3, -0.25) is 4.90 Å². The van der Waals surface area contributed by atoms with Crippen molar-refractivity contribution >= 4 is 5.82 Å². The molecule has 0 spiro atoms. The van der Waals surface area contributed by atoms with E-state index in [0.717, 1.165) is 42.8 Å². The first-order valence-corrected chi connectivity index (χ1v) is 6.84. The Balaban J connectivity index is 1.76. The van der Waals surface area contributed by atoms with E-state index in [1.165, 1.54) is 19.4 Å². The molecule has 0 amide bonds. The highest BCUT2D eigenvalue weighted by Crippen LogP contribution is 2.25. The third-order valence-electron chi connectivity index (χ3n) is 4.26. The Hall–Kier alpha value is -1.13. The Morgan fingerprint density at radius 1 is 1.33 bits per heavy atom. The predicted molar refractivity (Wildman–Crippen MR) is 71.7 cm³/mol. The van der Waals surface area contributed by atoms with E-state index in [4.69, 9.17) is 0 Å². The minimum absolute atomic E-state index is 0.0789. The maximum absolute atomic E-state index is 9.18. The number of piperazine rings is 1. The van der Waals surface area contributed by atoms with Gasteiger partial charge in [-0.15, -0.1) is 0 Å². The fourth-order valence-electron chi connectivity index (χ4n) is 3.12. The molecule has 0 aromatic carbocycles. The number of pyridine rings is 1. The number of rotatable bonds is 2. The monoisotopic (exact) mass is 247 g/mol. The Labute approximate surface area is 108 Å². The summed E-state index contributed by atoms with van der Waals surface area (Å²) < 4.78 is 0. The van der Waals surface area contributed by atoms with Crippen LogP contribution in [0, 0.1) is 6.92 Å². The molecule has 2 saturated heterocycles. The Morgan fingerprint density at radius 2 is 2.22 bits per heavy atom. The molecule has 98 valence electrons. The summed E-state index contributed by atoms with van der Waals surface area (Å²) in [7, 11) is 0. The summed E-state index contributed by atoms with van der Waals surface area (Å²) in [4.78, 5) is 9.62. The van der Waals surface area contributed by atoms with Gasteiger partial charge >= 0.3 is 0 Å². The molecule has 18 heavy (non-hydrogen) atoms. The number of hydrogen-bond donors (Lipinski definition) is 1. The van der Waals surface area contributed by atoms with Crippen LogP contribution in [0.15, 0.2) is 12.1 Å². The number of aliphatic hydroxyl groups is 1. The molecule has 0 bridgehead atoms. The number of aliphatic hydroxyl groups excluding tert-OH is 1. The van der Waals surface area contributed by atoms with Crippen LogP contribution in [0.2, 0.25) is 0 Å². The lowest BCUT2D eigenvalue weighted by molar-refractivity contribution is 0.230. The fraction of sp³-hybridized carbons (Fsp3) is 0.643. The van der Waals surface area contributed by atoms with Crippen molar-refractivity contribution in [2.24, 2.45) is 0 Å². The number of aryl methyl sites for hydroxylation is 1. The zero-order valence-electron chi connectivity index (χ0n) is 11.0. The topological polar surface area (TPSA) is 39.6 Å². The van der Waals surface area contributed by atoms with Crippen LogP contribution in [0.25, 0.3) is 0 Å². The summed E-state index contributed by atoms with van der Waals surface area (Å²) in [5, 5.41) is 9.18. The molecule has 0 radical (unpaired) electrons. The molecule has 4 heteroatoms. The van der Waals surface area contributed by atoms with E-state index >= 15 is 0 Å². The average molecular weight is 247 g/mol. The molecule has 2 aliphatic rings. The van der Waals surface area contributed by atoms with Crippen molar-refractivity contribution in [1.82, 2.24) is 9.88 Å². The van der Waals surface area contributed by atoms with Gasteiger partial charge in [-0.1, -0.05) is 6.07 Å². The van der Waals surface area contributed by atoms with Crippen molar-refractivity contribution in [2.75, 3.05) is 31.1 Å². The lowest BCUT2D eigenvalue weighted by Gasteiger charge is -2.38. The van der Waals surface area contributed by atoms with Gasteiger partial charge in [-0.25, -0.2) is 4.98 Å². The van der Waals surface area contributed by atoms with E-state index in [0.29, 0.717) is 0 Å². The molecule has 2 fully saturated rings. The van der Waals surface area contributed by atoms with Gasteiger partial charge in [0.25, 0.3) is 0 Å². The average Bonchev–Trinajstić information content (AvgIpc) is 2.85. The number of nitrogens with zero attached hydrogens (tertiary/aromatic N) is 3.